The Labute approximate surface area is 361 Å². The van der Waals surface area contributed by atoms with Crippen LogP contribution < -0.4 is 4.90 Å². The highest BCUT2D eigenvalue weighted by Crippen LogP contribution is 2.47. The highest BCUT2D eigenvalue weighted by atomic mass is 32.1. The second kappa shape index (κ2) is 14.7. The number of anilines is 3. The van der Waals surface area contributed by atoms with Crippen LogP contribution in [0.1, 0.15) is 0 Å². The molecule has 286 valence electrons. The van der Waals surface area contributed by atoms with Gasteiger partial charge in [0.2, 0.25) is 0 Å². The van der Waals surface area contributed by atoms with Crippen molar-refractivity contribution < 1.29 is 0 Å². The van der Waals surface area contributed by atoms with E-state index in [1.54, 1.807) is 11.3 Å². The van der Waals surface area contributed by atoms with Gasteiger partial charge in [-0.05, 0) is 97.9 Å². The van der Waals surface area contributed by atoms with E-state index < -0.39 is 0 Å². The number of rotatable bonds is 7. The molecule has 0 aliphatic heterocycles. The van der Waals surface area contributed by atoms with E-state index in [4.69, 9.17) is 4.98 Å². The Balaban J connectivity index is 1.02. The highest BCUT2D eigenvalue weighted by Gasteiger charge is 2.21. The minimum absolute atomic E-state index is 1.04. The summed E-state index contributed by atoms with van der Waals surface area (Å²) in [7, 11) is 0. The Morgan fingerprint density at radius 2 is 0.902 bits per heavy atom. The number of benzene rings is 10. The molecule has 0 bridgehead atoms. The first kappa shape index (κ1) is 35.6. The second-order valence-corrected chi connectivity index (χ2v) is 17.6. The number of hydrogen-bond donors (Lipinski definition) is 0. The molecular formula is C57H36N2S2. The van der Waals surface area contributed by atoms with E-state index >= 15 is 0 Å². The molecule has 4 heteroatoms. The van der Waals surface area contributed by atoms with Crippen molar-refractivity contribution in [2.45, 2.75) is 0 Å². The Morgan fingerprint density at radius 1 is 0.344 bits per heavy atom. The van der Waals surface area contributed by atoms with Gasteiger partial charge in [0.25, 0.3) is 0 Å². The predicted molar refractivity (Wildman–Crippen MR) is 264 cm³/mol. The van der Waals surface area contributed by atoms with Crippen molar-refractivity contribution in [2.75, 3.05) is 4.90 Å². The van der Waals surface area contributed by atoms with Crippen LogP contribution in [0.4, 0.5) is 17.1 Å². The van der Waals surface area contributed by atoms with Gasteiger partial charge in [-0.2, -0.15) is 0 Å². The van der Waals surface area contributed by atoms with Gasteiger partial charge in [-0.3, -0.25) is 0 Å². The van der Waals surface area contributed by atoms with Crippen LogP contribution in [0.3, 0.4) is 0 Å². The van der Waals surface area contributed by atoms with Gasteiger partial charge in [-0.15, -0.1) is 22.7 Å². The Bertz CT molecular complexity index is 3570. The Morgan fingerprint density at radius 3 is 1.61 bits per heavy atom. The third kappa shape index (κ3) is 6.19. The summed E-state index contributed by atoms with van der Waals surface area (Å²) >= 11 is 3.64. The van der Waals surface area contributed by atoms with Crippen LogP contribution in [0.2, 0.25) is 0 Å². The molecule has 0 unspecified atom stereocenters. The van der Waals surface area contributed by atoms with Crippen molar-refractivity contribution in [1.82, 2.24) is 4.98 Å². The van der Waals surface area contributed by atoms with Crippen LogP contribution in [-0.4, -0.2) is 4.98 Å². The highest BCUT2D eigenvalue weighted by molar-refractivity contribution is 7.27. The summed E-state index contributed by atoms with van der Waals surface area (Å²) < 4.78 is 3.77. The molecule has 0 saturated carbocycles. The standard InChI is InChI=1S/C57H36N2S2/c1-2-15-41(16-3-1)57-58-55-53(61-57)36-51-50-23-8-9-26-52(50)60-56(51)54(55)40-29-33-44(34-30-40)59(43-31-27-39(28-32-43)48-24-11-17-37-13-4-6-21-46(37)48)45-20-10-19-42(35-45)49-25-12-18-38-14-5-7-22-47(38)49/h1-36H. The molecule has 12 rings (SSSR count). The molecule has 0 aliphatic rings. The zero-order valence-corrected chi connectivity index (χ0v) is 34.6. The summed E-state index contributed by atoms with van der Waals surface area (Å²) in [6, 6.07) is 79.3. The van der Waals surface area contributed by atoms with Gasteiger partial charge in [-0.25, -0.2) is 4.98 Å². The number of thiophene rings is 1. The smallest absolute Gasteiger partial charge is 0.124 e. The van der Waals surface area contributed by atoms with E-state index in [1.807, 2.05) is 11.3 Å². The van der Waals surface area contributed by atoms with Crippen molar-refractivity contribution in [3.8, 4) is 44.0 Å². The molecule has 0 fully saturated rings. The molecule has 0 amide bonds. The Hall–Kier alpha value is -7.37. The summed E-state index contributed by atoms with van der Waals surface area (Å²) in [5.74, 6) is 0. The predicted octanol–water partition coefficient (Wildman–Crippen LogP) is 17.1. The lowest BCUT2D eigenvalue weighted by atomic mass is 9.97. The Kier molecular flexibility index (Phi) is 8.58. The van der Waals surface area contributed by atoms with Crippen LogP contribution in [0.25, 0.3) is 95.9 Å². The monoisotopic (exact) mass is 812 g/mol. The minimum atomic E-state index is 1.04. The molecule has 0 saturated heterocycles. The average molecular weight is 813 g/mol. The first-order valence-electron chi connectivity index (χ1n) is 20.6. The number of hydrogen-bond acceptors (Lipinski definition) is 4. The van der Waals surface area contributed by atoms with Crippen molar-refractivity contribution >= 4 is 91.7 Å². The van der Waals surface area contributed by atoms with Gasteiger partial charge in [0.05, 0.1) is 10.2 Å². The van der Waals surface area contributed by atoms with E-state index in [0.717, 1.165) is 38.7 Å². The molecule has 2 heterocycles. The second-order valence-electron chi connectivity index (χ2n) is 15.5. The molecule has 2 nitrogen and oxygen atoms in total. The van der Waals surface area contributed by atoms with Crippen LogP contribution in [0, 0.1) is 0 Å². The van der Waals surface area contributed by atoms with Gasteiger partial charge in [0.15, 0.2) is 0 Å². The molecule has 0 spiro atoms. The van der Waals surface area contributed by atoms with Gasteiger partial charge < -0.3 is 4.90 Å². The maximum atomic E-state index is 5.36. The number of aromatic nitrogens is 1. The van der Waals surface area contributed by atoms with Gasteiger partial charge >= 0.3 is 0 Å². The lowest BCUT2D eigenvalue weighted by Gasteiger charge is -2.26. The van der Waals surface area contributed by atoms with E-state index in [2.05, 4.69) is 223 Å². The zero-order valence-electron chi connectivity index (χ0n) is 33.0. The van der Waals surface area contributed by atoms with Crippen molar-refractivity contribution in [1.29, 1.82) is 0 Å². The SMILES string of the molecule is c1ccc(-c2nc3c(-c4ccc(N(c5ccc(-c6cccc7ccccc67)cc5)c5cccc(-c6cccc7ccccc67)c5)cc4)c4sc5ccccc5c4cc3s2)cc1. The fourth-order valence-corrected chi connectivity index (χ4v) is 11.3. The minimum Gasteiger partial charge on any atom is -0.310 e. The van der Waals surface area contributed by atoms with Crippen molar-refractivity contribution in [2.24, 2.45) is 0 Å². The van der Waals surface area contributed by atoms with Crippen molar-refractivity contribution in [3.63, 3.8) is 0 Å². The summed E-state index contributed by atoms with van der Waals surface area (Å²) in [4.78, 5) is 7.75. The number of nitrogens with zero attached hydrogens (tertiary/aromatic N) is 2. The lowest BCUT2D eigenvalue weighted by Crippen LogP contribution is -2.10. The van der Waals surface area contributed by atoms with Crippen LogP contribution in [0.15, 0.2) is 218 Å². The zero-order chi connectivity index (χ0) is 40.3. The topological polar surface area (TPSA) is 16.1 Å². The molecule has 0 N–H and O–H groups in total. The molecule has 0 atom stereocenters. The first-order valence-corrected chi connectivity index (χ1v) is 22.2. The molecule has 2 aromatic heterocycles. The van der Waals surface area contributed by atoms with Crippen LogP contribution >= 0.6 is 22.7 Å². The molecule has 0 aliphatic carbocycles. The summed E-state index contributed by atoms with van der Waals surface area (Å²) in [5, 5.41) is 8.60. The molecule has 61 heavy (non-hydrogen) atoms. The van der Waals surface area contributed by atoms with Crippen molar-refractivity contribution in [3.05, 3.63) is 218 Å². The third-order valence-electron chi connectivity index (χ3n) is 11.9. The molecule has 0 radical (unpaired) electrons. The van der Waals surface area contributed by atoms with Crippen LogP contribution in [0.5, 0.6) is 0 Å². The molecule has 10 aromatic carbocycles. The fraction of sp³-hybridized carbons (Fsp3) is 0. The van der Waals surface area contributed by atoms with E-state index in [9.17, 15) is 0 Å². The van der Waals surface area contributed by atoms with Crippen LogP contribution in [-0.2, 0) is 0 Å². The maximum absolute atomic E-state index is 5.36. The third-order valence-corrected chi connectivity index (χ3v) is 14.1. The van der Waals surface area contributed by atoms with Gasteiger partial charge in [0.1, 0.15) is 5.01 Å². The summed E-state index contributed by atoms with van der Waals surface area (Å²) in [6.45, 7) is 0. The normalized spacial score (nSPS) is 11.6. The maximum Gasteiger partial charge on any atom is 0.124 e. The average Bonchev–Trinajstić information content (AvgIpc) is 3.93. The lowest BCUT2D eigenvalue weighted by molar-refractivity contribution is 1.28. The van der Waals surface area contributed by atoms with E-state index in [0.29, 0.717) is 0 Å². The van der Waals surface area contributed by atoms with E-state index in [-0.39, 0.29) is 0 Å². The largest absolute Gasteiger partial charge is 0.310 e. The molecular weight excluding hydrogens is 777 g/mol. The van der Waals surface area contributed by atoms with Gasteiger partial charge in [0, 0.05) is 48.4 Å². The summed E-state index contributed by atoms with van der Waals surface area (Å²) in [5.41, 5.74) is 12.7. The summed E-state index contributed by atoms with van der Waals surface area (Å²) in [6.07, 6.45) is 0. The van der Waals surface area contributed by atoms with Gasteiger partial charge in [-0.1, -0.05) is 170 Å². The number of thiazole rings is 1. The molecule has 12 aromatic rings. The number of fused-ring (bicyclic) bond motifs is 6. The first-order chi connectivity index (χ1) is 30.2. The quantitative estimate of drug-likeness (QED) is 0.159. The fourth-order valence-electron chi connectivity index (χ4n) is 9.00. The van der Waals surface area contributed by atoms with E-state index in [1.165, 1.54) is 74.2 Å².